The molecule has 0 saturated heterocycles. The lowest BCUT2D eigenvalue weighted by atomic mass is 10.0. The van der Waals surface area contributed by atoms with Gasteiger partial charge in [-0.05, 0) is 36.2 Å². The Hall–Kier alpha value is -3.35. The van der Waals surface area contributed by atoms with E-state index in [1.165, 1.54) is 25.3 Å². The molecule has 0 atom stereocenters. The summed E-state index contributed by atoms with van der Waals surface area (Å²) in [4.78, 5) is 37.3. The number of nitrogens with one attached hydrogen (secondary N) is 1. The zero-order valence-corrected chi connectivity index (χ0v) is 14.9. The minimum Gasteiger partial charge on any atom is -0.495 e. The molecule has 1 aliphatic heterocycles. The van der Waals surface area contributed by atoms with E-state index >= 15 is 0 Å². The van der Waals surface area contributed by atoms with Gasteiger partial charge in [0.15, 0.2) is 0 Å². The highest BCUT2D eigenvalue weighted by atomic mass is 16.5. The number of anilines is 2. The third-order valence-corrected chi connectivity index (χ3v) is 4.48. The number of benzene rings is 2. The first-order valence-corrected chi connectivity index (χ1v) is 8.59. The van der Waals surface area contributed by atoms with Crippen molar-refractivity contribution in [2.45, 2.75) is 19.3 Å². The number of amides is 2. The van der Waals surface area contributed by atoms with Gasteiger partial charge >= 0.3 is 5.97 Å². The van der Waals surface area contributed by atoms with Gasteiger partial charge in [0, 0.05) is 25.1 Å². The second-order valence-electron chi connectivity index (χ2n) is 6.19. The Labute approximate surface area is 156 Å². The lowest BCUT2D eigenvalue weighted by Gasteiger charge is -2.29. The molecule has 0 bridgehead atoms. The normalized spacial score (nSPS) is 13.1. The van der Waals surface area contributed by atoms with E-state index in [1.807, 2.05) is 24.3 Å². The molecular formula is C20H20N2O5. The maximum Gasteiger partial charge on any atom is 0.335 e. The van der Waals surface area contributed by atoms with Gasteiger partial charge in [0.2, 0.25) is 11.8 Å². The Morgan fingerprint density at radius 2 is 1.96 bits per heavy atom. The largest absolute Gasteiger partial charge is 0.495 e. The second kappa shape index (κ2) is 7.90. The highest BCUT2D eigenvalue weighted by molar-refractivity contribution is 5.98. The van der Waals surface area contributed by atoms with E-state index in [0.29, 0.717) is 18.5 Å². The minimum absolute atomic E-state index is 0.00453. The zero-order valence-electron chi connectivity index (χ0n) is 14.9. The van der Waals surface area contributed by atoms with Gasteiger partial charge in [0.25, 0.3) is 0 Å². The number of carboxylic acids is 1. The molecule has 140 valence electrons. The molecule has 0 unspecified atom stereocenters. The van der Waals surface area contributed by atoms with Crippen molar-refractivity contribution in [3.63, 3.8) is 0 Å². The van der Waals surface area contributed by atoms with E-state index in [-0.39, 0.29) is 36.1 Å². The number of rotatable bonds is 6. The predicted molar refractivity (Wildman–Crippen MR) is 100 cm³/mol. The number of aryl methyl sites for hydroxylation is 1. The summed E-state index contributed by atoms with van der Waals surface area (Å²) in [5.74, 6) is -1.09. The van der Waals surface area contributed by atoms with Gasteiger partial charge < -0.3 is 20.1 Å². The summed E-state index contributed by atoms with van der Waals surface area (Å²) in [7, 11) is 1.40. The van der Waals surface area contributed by atoms with Crippen molar-refractivity contribution in [3.05, 3.63) is 53.6 Å². The number of carbonyl (C=O) groups excluding carboxylic acids is 2. The van der Waals surface area contributed by atoms with Crippen molar-refractivity contribution in [2.75, 3.05) is 23.9 Å². The van der Waals surface area contributed by atoms with E-state index in [1.54, 1.807) is 4.90 Å². The molecule has 3 rings (SSSR count). The van der Waals surface area contributed by atoms with Gasteiger partial charge in [0.1, 0.15) is 5.75 Å². The lowest BCUT2D eigenvalue weighted by Crippen LogP contribution is -2.37. The highest BCUT2D eigenvalue weighted by Gasteiger charge is 2.24. The molecule has 1 aliphatic rings. The Bertz CT molecular complexity index is 894. The summed E-state index contributed by atoms with van der Waals surface area (Å²) in [5, 5.41) is 11.7. The molecule has 0 radical (unpaired) electrons. The van der Waals surface area contributed by atoms with E-state index in [4.69, 9.17) is 9.84 Å². The Morgan fingerprint density at radius 3 is 2.70 bits per heavy atom. The molecule has 0 fully saturated rings. The van der Waals surface area contributed by atoms with Crippen LogP contribution in [-0.4, -0.2) is 36.5 Å². The quantitative estimate of drug-likeness (QED) is 0.817. The number of aromatic carboxylic acids is 1. The first-order chi connectivity index (χ1) is 13.0. The number of para-hydroxylation sites is 1. The molecule has 0 saturated carbocycles. The summed E-state index contributed by atoms with van der Waals surface area (Å²) in [6.07, 6.45) is 1.26. The molecule has 2 N–H and O–H groups in total. The molecule has 2 amide bonds. The van der Waals surface area contributed by atoms with Crippen LogP contribution >= 0.6 is 0 Å². The number of carbonyl (C=O) groups is 3. The number of hydrogen-bond donors (Lipinski definition) is 2. The van der Waals surface area contributed by atoms with Gasteiger partial charge in [-0.1, -0.05) is 18.2 Å². The predicted octanol–water partition coefficient (Wildman–Crippen LogP) is 2.70. The standard InChI is InChI=1S/C20H20N2O5/c1-27-17-12-14(20(25)26)6-8-15(17)21-18(23)10-11-22-16-5-3-2-4-13(16)7-9-19(22)24/h2-6,8,12H,7,9-11H2,1H3,(H,21,23)(H,25,26). The van der Waals surface area contributed by atoms with Crippen molar-refractivity contribution in [1.29, 1.82) is 0 Å². The van der Waals surface area contributed by atoms with Crippen LogP contribution in [-0.2, 0) is 16.0 Å². The molecule has 2 aromatic rings. The number of ether oxygens (including phenoxy) is 1. The molecule has 2 aromatic carbocycles. The van der Waals surface area contributed by atoms with Crippen molar-refractivity contribution < 1.29 is 24.2 Å². The summed E-state index contributed by atoms with van der Waals surface area (Å²) >= 11 is 0. The van der Waals surface area contributed by atoms with E-state index in [0.717, 1.165) is 11.3 Å². The van der Waals surface area contributed by atoms with Crippen LogP contribution in [0.2, 0.25) is 0 Å². The van der Waals surface area contributed by atoms with E-state index in [9.17, 15) is 14.4 Å². The number of nitrogens with zero attached hydrogens (tertiary/aromatic N) is 1. The average Bonchev–Trinajstić information content (AvgIpc) is 2.67. The summed E-state index contributed by atoms with van der Waals surface area (Å²) in [6, 6.07) is 11.9. The molecular weight excluding hydrogens is 348 g/mol. The first-order valence-electron chi connectivity index (χ1n) is 8.59. The zero-order chi connectivity index (χ0) is 19.4. The summed E-state index contributed by atoms with van der Waals surface area (Å²) < 4.78 is 5.15. The highest BCUT2D eigenvalue weighted by Crippen LogP contribution is 2.28. The van der Waals surface area contributed by atoms with Gasteiger partial charge in [-0.25, -0.2) is 4.79 Å². The Morgan fingerprint density at radius 1 is 1.19 bits per heavy atom. The van der Waals surface area contributed by atoms with Crippen LogP contribution in [0, 0.1) is 0 Å². The Kier molecular flexibility index (Phi) is 5.40. The monoisotopic (exact) mass is 368 g/mol. The van der Waals surface area contributed by atoms with Gasteiger partial charge in [-0.2, -0.15) is 0 Å². The van der Waals surface area contributed by atoms with Crippen molar-refractivity contribution >= 4 is 29.2 Å². The van der Waals surface area contributed by atoms with Crippen LogP contribution in [0.3, 0.4) is 0 Å². The fourth-order valence-electron chi connectivity index (χ4n) is 3.10. The molecule has 0 aliphatic carbocycles. The summed E-state index contributed by atoms with van der Waals surface area (Å²) in [6.45, 7) is 0.275. The molecule has 0 spiro atoms. The van der Waals surface area contributed by atoms with E-state index in [2.05, 4.69) is 5.32 Å². The van der Waals surface area contributed by atoms with Crippen LogP contribution < -0.4 is 15.0 Å². The average molecular weight is 368 g/mol. The van der Waals surface area contributed by atoms with Crippen molar-refractivity contribution in [3.8, 4) is 5.75 Å². The first kappa shape index (κ1) is 18.4. The van der Waals surface area contributed by atoms with Gasteiger partial charge in [-0.3, -0.25) is 9.59 Å². The lowest BCUT2D eigenvalue weighted by molar-refractivity contribution is -0.119. The SMILES string of the molecule is COc1cc(C(=O)O)ccc1NC(=O)CCN1C(=O)CCc2ccccc21. The third-order valence-electron chi connectivity index (χ3n) is 4.48. The molecule has 1 heterocycles. The van der Waals surface area contributed by atoms with Crippen LogP contribution in [0.15, 0.2) is 42.5 Å². The number of hydrogen-bond acceptors (Lipinski definition) is 4. The minimum atomic E-state index is -1.08. The molecule has 7 nitrogen and oxygen atoms in total. The maximum atomic E-state index is 12.3. The van der Waals surface area contributed by atoms with E-state index < -0.39 is 5.97 Å². The van der Waals surface area contributed by atoms with Crippen LogP contribution in [0.4, 0.5) is 11.4 Å². The van der Waals surface area contributed by atoms with Crippen LogP contribution in [0.5, 0.6) is 5.75 Å². The van der Waals surface area contributed by atoms with Gasteiger partial charge in [0.05, 0.1) is 18.4 Å². The molecule has 7 heteroatoms. The van der Waals surface area contributed by atoms with Crippen molar-refractivity contribution in [2.24, 2.45) is 0 Å². The summed E-state index contributed by atoms with van der Waals surface area (Å²) in [5.41, 5.74) is 2.41. The van der Waals surface area contributed by atoms with Crippen LogP contribution in [0.25, 0.3) is 0 Å². The van der Waals surface area contributed by atoms with Crippen LogP contribution in [0.1, 0.15) is 28.8 Å². The number of methoxy groups -OCH3 is 1. The maximum absolute atomic E-state index is 12.3. The Balaban J connectivity index is 1.67. The number of carboxylic acid groups (broad SMARTS) is 1. The molecule has 0 aromatic heterocycles. The third kappa shape index (κ3) is 4.08. The van der Waals surface area contributed by atoms with Crippen molar-refractivity contribution in [1.82, 2.24) is 0 Å². The fraction of sp³-hybridized carbons (Fsp3) is 0.250. The smallest absolute Gasteiger partial charge is 0.335 e. The number of fused-ring (bicyclic) bond motifs is 1. The topological polar surface area (TPSA) is 95.9 Å². The second-order valence-corrected chi connectivity index (χ2v) is 6.19. The fourth-order valence-corrected chi connectivity index (χ4v) is 3.10. The van der Waals surface area contributed by atoms with Gasteiger partial charge in [-0.15, -0.1) is 0 Å². The molecule has 27 heavy (non-hydrogen) atoms.